The number of amides is 1. The maximum Gasteiger partial charge on any atom is 0.261 e. The molecule has 21 heavy (non-hydrogen) atoms. The van der Waals surface area contributed by atoms with Crippen molar-refractivity contribution in [2.45, 2.75) is 38.0 Å². The van der Waals surface area contributed by atoms with E-state index in [-0.39, 0.29) is 10.8 Å². The Hall–Kier alpha value is -1.07. The van der Waals surface area contributed by atoms with Crippen molar-refractivity contribution in [3.05, 3.63) is 29.3 Å². The molecule has 2 rings (SSSR count). The highest BCUT2D eigenvalue weighted by Crippen LogP contribution is 2.28. The highest BCUT2D eigenvalue weighted by molar-refractivity contribution is 8.13. The summed E-state index contributed by atoms with van der Waals surface area (Å²) in [7, 11) is 1.58. The minimum Gasteiger partial charge on any atom is -0.339 e. The summed E-state index contributed by atoms with van der Waals surface area (Å²) in [6.07, 6.45) is 3.56. The van der Waals surface area contributed by atoms with E-state index < -0.39 is 9.05 Å². The molecule has 0 heterocycles. The first-order chi connectivity index (χ1) is 9.82. The fraction of sp³-hybridized carbons (Fsp3) is 0.533. The molecule has 1 aliphatic carbocycles. The van der Waals surface area contributed by atoms with Crippen molar-refractivity contribution in [3.63, 3.8) is 0 Å². The summed E-state index contributed by atoms with van der Waals surface area (Å²) in [5, 5.41) is 0. The molecule has 0 N–H and O–H groups in total. The largest absolute Gasteiger partial charge is 0.339 e. The van der Waals surface area contributed by atoms with Crippen molar-refractivity contribution < 1.29 is 13.2 Å². The molecule has 0 saturated heterocycles. The lowest BCUT2D eigenvalue weighted by molar-refractivity contribution is 0.0706. The van der Waals surface area contributed by atoms with Gasteiger partial charge in [0.25, 0.3) is 15.0 Å². The van der Waals surface area contributed by atoms with E-state index in [9.17, 15) is 13.2 Å². The molecule has 0 aromatic heterocycles. The molecular weight excluding hydrogens is 310 g/mol. The number of carbonyl (C=O) groups excluding carboxylic acids is 1. The number of benzene rings is 1. The van der Waals surface area contributed by atoms with Crippen molar-refractivity contribution >= 4 is 25.6 Å². The van der Waals surface area contributed by atoms with E-state index in [0.29, 0.717) is 23.6 Å². The number of aryl methyl sites for hydroxylation is 1. The minimum atomic E-state index is -3.84. The Morgan fingerprint density at radius 2 is 2.05 bits per heavy atom. The molecule has 1 fully saturated rings. The van der Waals surface area contributed by atoms with Crippen LogP contribution in [0.4, 0.5) is 0 Å². The highest BCUT2D eigenvalue weighted by Gasteiger charge is 2.24. The Morgan fingerprint density at radius 3 is 2.52 bits per heavy atom. The summed E-state index contributed by atoms with van der Waals surface area (Å²) >= 11 is 0. The number of nitrogens with zero attached hydrogens (tertiary/aromatic N) is 1. The van der Waals surface area contributed by atoms with E-state index >= 15 is 0 Å². The van der Waals surface area contributed by atoms with Gasteiger partial charge in [0.2, 0.25) is 0 Å². The molecule has 0 spiro atoms. The van der Waals surface area contributed by atoms with Gasteiger partial charge in [0.15, 0.2) is 0 Å². The third kappa shape index (κ3) is 3.77. The zero-order chi connectivity index (χ0) is 15.6. The van der Waals surface area contributed by atoms with E-state index in [4.69, 9.17) is 10.7 Å². The number of hydrogen-bond acceptors (Lipinski definition) is 3. The normalized spacial score (nSPS) is 15.6. The maximum atomic E-state index is 12.5. The van der Waals surface area contributed by atoms with Gasteiger partial charge in [0, 0.05) is 29.3 Å². The second-order valence-electron chi connectivity index (χ2n) is 5.56. The Labute approximate surface area is 130 Å². The Kier molecular flexibility index (Phi) is 4.94. The summed E-state index contributed by atoms with van der Waals surface area (Å²) < 4.78 is 23.1. The lowest BCUT2D eigenvalue weighted by Gasteiger charge is -2.32. The van der Waals surface area contributed by atoms with Crippen LogP contribution in [0.25, 0.3) is 0 Å². The van der Waals surface area contributed by atoms with Crippen LogP contribution in [-0.4, -0.2) is 32.3 Å². The van der Waals surface area contributed by atoms with Crippen molar-refractivity contribution in [1.29, 1.82) is 0 Å². The van der Waals surface area contributed by atoms with Gasteiger partial charge in [-0.2, -0.15) is 0 Å². The van der Waals surface area contributed by atoms with Crippen LogP contribution in [0.15, 0.2) is 23.1 Å². The van der Waals surface area contributed by atoms with Crippen LogP contribution in [0.2, 0.25) is 0 Å². The molecule has 0 radical (unpaired) electrons. The smallest absolute Gasteiger partial charge is 0.261 e. The van der Waals surface area contributed by atoms with E-state index in [0.717, 1.165) is 6.54 Å². The van der Waals surface area contributed by atoms with Gasteiger partial charge in [-0.05, 0) is 50.3 Å². The van der Waals surface area contributed by atoms with Gasteiger partial charge in [-0.15, -0.1) is 0 Å². The molecule has 0 unspecified atom stereocenters. The molecular formula is C15H20ClNO3S. The predicted octanol–water partition coefficient (Wildman–Crippen LogP) is 3.18. The van der Waals surface area contributed by atoms with E-state index in [1.165, 1.54) is 25.3 Å². The zero-order valence-electron chi connectivity index (χ0n) is 12.3. The molecule has 1 aromatic carbocycles. The molecule has 4 nitrogen and oxygen atoms in total. The third-order valence-electron chi connectivity index (χ3n) is 4.07. The van der Waals surface area contributed by atoms with Crippen molar-refractivity contribution in [2.24, 2.45) is 5.92 Å². The van der Waals surface area contributed by atoms with Gasteiger partial charge in [-0.3, -0.25) is 4.79 Å². The van der Waals surface area contributed by atoms with Crippen LogP contribution in [0.3, 0.4) is 0 Å². The van der Waals surface area contributed by atoms with Crippen LogP contribution in [0.1, 0.15) is 42.1 Å². The van der Waals surface area contributed by atoms with Crippen LogP contribution in [-0.2, 0) is 9.05 Å². The molecule has 1 amide bonds. The van der Waals surface area contributed by atoms with Gasteiger partial charge in [-0.25, -0.2) is 8.42 Å². The van der Waals surface area contributed by atoms with Crippen LogP contribution < -0.4 is 0 Å². The summed E-state index contributed by atoms with van der Waals surface area (Å²) in [6.45, 7) is 4.96. The van der Waals surface area contributed by atoms with Crippen LogP contribution in [0.5, 0.6) is 0 Å². The third-order valence-corrected chi connectivity index (χ3v) is 5.53. The zero-order valence-corrected chi connectivity index (χ0v) is 13.9. The first-order valence-corrected chi connectivity index (χ1v) is 9.48. The molecule has 116 valence electrons. The molecule has 0 atom stereocenters. The second-order valence-corrected chi connectivity index (χ2v) is 8.09. The first kappa shape index (κ1) is 16.3. The fourth-order valence-electron chi connectivity index (χ4n) is 2.52. The summed E-state index contributed by atoms with van der Waals surface area (Å²) in [6, 6.07) is 4.66. The molecule has 6 heteroatoms. The van der Waals surface area contributed by atoms with Crippen molar-refractivity contribution in [2.75, 3.05) is 13.1 Å². The fourth-order valence-corrected chi connectivity index (χ4v) is 3.74. The molecule has 1 aliphatic rings. The number of rotatable bonds is 5. The number of hydrogen-bond donors (Lipinski definition) is 0. The standard InChI is InChI=1S/C15H20ClNO3S/c1-3-17(10-12-5-4-6-12)15(18)13-8-7-11(2)14(9-13)21(16,19)20/h7-9,12H,3-6,10H2,1-2H3. The van der Waals surface area contributed by atoms with Gasteiger partial charge in [0.05, 0.1) is 4.90 Å². The lowest BCUT2D eigenvalue weighted by atomic mass is 9.85. The summed E-state index contributed by atoms with van der Waals surface area (Å²) in [5.74, 6) is 0.446. The van der Waals surface area contributed by atoms with Crippen LogP contribution in [0, 0.1) is 12.8 Å². The van der Waals surface area contributed by atoms with Crippen molar-refractivity contribution in [1.82, 2.24) is 4.90 Å². The summed E-state index contributed by atoms with van der Waals surface area (Å²) in [5.41, 5.74) is 0.921. The van der Waals surface area contributed by atoms with E-state index in [2.05, 4.69) is 0 Å². The van der Waals surface area contributed by atoms with E-state index in [1.54, 1.807) is 24.0 Å². The van der Waals surface area contributed by atoms with Gasteiger partial charge in [0.1, 0.15) is 0 Å². The topological polar surface area (TPSA) is 54.5 Å². The number of carbonyl (C=O) groups is 1. The first-order valence-electron chi connectivity index (χ1n) is 7.17. The minimum absolute atomic E-state index is 0.00899. The monoisotopic (exact) mass is 329 g/mol. The Morgan fingerprint density at radius 1 is 1.38 bits per heavy atom. The second kappa shape index (κ2) is 6.36. The van der Waals surface area contributed by atoms with Gasteiger partial charge < -0.3 is 4.90 Å². The molecule has 0 aliphatic heterocycles. The lowest BCUT2D eigenvalue weighted by Crippen LogP contribution is -2.37. The average molecular weight is 330 g/mol. The van der Waals surface area contributed by atoms with Crippen LogP contribution >= 0.6 is 10.7 Å². The molecule has 1 saturated carbocycles. The molecule has 1 aromatic rings. The SMILES string of the molecule is CCN(CC1CCC1)C(=O)c1ccc(C)c(S(=O)(=O)Cl)c1. The number of halogens is 1. The highest BCUT2D eigenvalue weighted by atomic mass is 35.7. The van der Waals surface area contributed by atoms with Crippen molar-refractivity contribution in [3.8, 4) is 0 Å². The quantitative estimate of drug-likeness (QED) is 0.779. The average Bonchev–Trinajstić information content (AvgIpc) is 2.36. The van der Waals surface area contributed by atoms with E-state index in [1.807, 2.05) is 6.92 Å². The van der Waals surface area contributed by atoms with Gasteiger partial charge >= 0.3 is 0 Å². The van der Waals surface area contributed by atoms with Gasteiger partial charge in [-0.1, -0.05) is 12.5 Å². The Bertz CT molecular complexity index is 638. The predicted molar refractivity (Wildman–Crippen MR) is 83.1 cm³/mol. The summed E-state index contributed by atoms with van der Waals surface area (Å²) in [4.78, 5) is 14.3. The molecule has 0 bridgehead atoms. The Balaban J connectivity index is 2.25. The maximum absolute atomic E-state index is 12.5.